The zero-order chi connectivity index (χ0) is 29.1. The Balaban J connectivity index is 1.15. The minimum absolute atomic E-state index is 0.183. The van der Waals surface area contributed by atoms with Gasteiger partial charge in [-0.05, 0) is 101 Å². The molecule has 0 amide bonds. The molecule has 0 saturated carbocycles. The first-order valence-electron chi connectivity index (χ1n) is 16.9. The molecule has 0 aromatic heterocycles. The third-order valence-electron chi connectivity index (χ3n) is 11.4. The van der Waals surface area contributed by atoms with E-state index in [0.717, 1.165) is 37.9 Å². The van der Waals surface area contributed by atoms with Crippen LogP contribution in [0.2, 0.25) is 0 Å². The highest BCUT2D eigenvalue weighted by molar-refractivity contribution is 8.03. The smallest absolute Gasteiger partial charge is 0.224 e. The molecule has 44 heavy (non-hydrogen) atoms. The number of rotatable bonds is 1. The molecular weight excluding hydrogens is 581 g/mol. The molecule has 226 valence electrons. The van der Waals surface area contributed by atoms with Gasteiger partial charge >= 0.3 is 0 Å². The normalized spacial score (nSPS) is 33.4. The van der Waals surface area contributed by atoms with Gasteiger partial charge in [0.15, 0.2) is 0 Å². The maximum Gasteiger partial charge on any atom is 0.224 e. The molecule has 6 atom stereocenters. The highest BCUT2D eigenvalue weighted by Crippen LogP contribution is 2.60. The van der Waals surface area contributed by atoms with Crippen LogP contribution in [0.15, 0.2) is 75.9 Å². The van der Waals surface area contributed by atoms with Crippen molar-refractivity contribution in [3.63, 3.8) is 0 Å². The Morgan fingerprint density at radius 3 is 2.66 bits per heavy atom. The van der Waals surface area contributed by atoms with Crippen molar-refractivity contribution in [2.45, 2.75) is 113 Å². The number of allylic oxidation sites excluding steroid dienone is 4. The fraction of sp³-hybridized carbons (Fsp3) is 0.474. The third-order valence-corrected chi connectivity index (χ3v) is 14.3. The fourth-order valence-electron chi connectivity index (χ4n) is 9.20. The van der Waals surface area contributed by atoms with Crippen LogP contribution in [0, 0.1) is 0 Å². The lowest BCUT2D eigenvalue weighted by atomic mass is 9.87. The van der Waals surface area contributed by atoms with Crippen LogP contribution < -0.4 is 4.74 Å². The second-order valence-electron chi connectivity index (χ2n) is 14.1. The second kappa shape index (κ2) is 9.98. The minimum atomic E-state index is -0.208. The molecule has 4 aliphatic heterocycles. The van der Waals surface area contributed by atoms with Gasteiger partial charge in [0.2, 0.25) is 12.5 Å². The number of aryl methyl sites for hydroxylation is 2. The summed E-state index contributed by atoms with van der Waals surface area (Å²) in [6.45, 7) is 4.62. The summed E-state index contributed by atoms with van der Waals surface area (Å²) < 4.78 is 15.0. The van der Waals surface area contributed by atoms with Gasteiger partial charge in [0.05, 0.1) is 11.1 Å². The van der Waals surface area contributed by atoms with E-state index in [1.165, 1.54) is 87.4 Å². The average molecular weight is 621 g/mol. The summed E-state index contributed by atoms with van der Waals surface area (Å²) in [4.78, 5) is 6.96. The summed E-state index contributed by atoms with van der Waals surface area (Å²) in [6.07, 6.45) is 16.3. The van der Waals surface area contributed by atoms with Gasteiger partial charge in [-0.15, -0.1) is 11.8 Å². The lowest BCUT2D eigenvalue weighted by molar-refractivity contribution is -0.150. The van der Waals surface area contributed by atoms with E-state index in [1.807, 2.05) is 0 Å². The van der Waals surface area contributed by atoms with Crippen molar-refractivity contribution in [2.24, 2.45) is 0 Å². The second-order valence-corrected chi connectivity index (χ2v) is 16.5. The Morgan fingerprint density at radius 2 is 1.70 bits per heavy atom. The van der Waals surface area contributed by atoms with Crippen molar-refractivity contribution < 1.29 is 9.47 Å². The molecule has 2 aromatic rings. The van der Waals surface area contributed by atoms with Crippen molar-refractivity contribution in [3.8, 4) is 5.75 Å². The molecule has 8 aliphatic rings. The summed E-state index contributed by atoms with van der Waals surface area (Å²) in [5.41, 5.74) is 12.9. The van der Waals surface area contributed by atoms with Gasteiger partial charge in [-0.1, -0.05) is 65.4 Å². The van der Waals surface area contributed by atoms with Gasteiger partial charge in [-0.3, -0.25) is 0 Å². The molecule has 4 heterocycles. The van der Waals surface area contributed by atoms with Crippen LogP contribution >= 0.6 is 23.5 Å². The Kier molecular flexibility index (Phi) is 6.04. The topological polar surface area (TPSA) is 24.9 Å². The number of benzene rings is 2. The molecule has 1 fully saturated rings. The third kappa shape index (κ3) is 3.83. The molecule has 2 aromatic carbocycles. The Bertz CT molecular complexity index is 1720. The van der Waals surface area contributed by atoms with E-state index in [0.29, 0.717) is 16.7 Å². The lowest BCUT2D eigenvalue weighted by Crippen LogP contribution is -2.62. The van der Waals surface area contributed by atoms with Crippen LogP contribution in [0.25, 0.3) is 5.76 Å². The summed E-state index contributed by atoms with van der Waals surface area (Å²) in [5.74, 6) is 2.32. The predicted molar refractivity (Wildman–Crippen MR) is 180 cm³/mol. The minimum Gasteiger partial charge on any atom is -0.468 e. The standard InChI is InChI=1S/C38H40N2O2S2/c1-21-12-18-31-30(19-21)40-36(42-34-26-10-6-4-8-24(26)14-16-28(34)38(40)43-31)35-39-29-17-11-22(2)20-32(29)44-37(39)27-15-13-23-7-3-5-9-25(23)33(27)41-35/h3,5,7,9,14,16,19-20,29,32,35-38H,4,6,8,10-13,15,17-18H2,1-2H3/t29?,32?,35-,36-,37?,38?/m1/s1. The van der Waals surface area contributed by atoms with E-state index in [-0.39, 0.29) is 17.8 Å². The van der Waals surface area contributed by atoms with Crippen LogP contribution in [0.1, 0.15) is 92.0 Å². The van der Waals surface area contributed by atoms with Crippen LogP contribution in [-0.4, -0.2) is 38.9 Å². The monoisotopic (exact) mass is 620 g/mol. The quantitative estimate of drug-likeness (QED) is 0.296. The first kappa shape index (κ1) is 26.7. The van der Waals surface area contributed by atoms with Crippen molar-refractivity contribution in [3.05, 3.63) is 104 Å². The van der Waals surface area contributed by atoms with Crippen molar-refractivity contribution in [1.82, 2.24) is 9.80 Å². The van der Waals surface area contributed by atoms with Gasteiger partial charge < -0.3 is 14.4 Å². The Labute approximate surface area is 269 Å². The van der Waals surface area contributed by atoms with E-state index in [2.05, 4.69) is 95.7 Å². The molecule has 0 N–H and O–H groups in total. The number of fused-ring (bicyclic) bond motifs is 12. The fourth-order valence-corrected chi connectivity index (χ4v) is 12.5. The first-order valence-corrected chi connectivity index (χ1v) is 18.7. The van der Waals surface area contributed by atoms with E-state index in [4.69, 9.17) is 9.47 Å². The SMILES string of the molecule is CC1=CC2=C(CC1)SC1c3ccc4c(c3O[C@H]([C@H]3OC5=C(CCc6ccccc65)C5SC6C=C(C)CCC6N53)N21)CCCC4. The highest BCUT2D eigenvalue weighted by Gasteiger charge is 2.58. The van der Waals surface area contributed by atoms with Crippen molar-refractivity contribution in [1.29, 1.82) is 0 Å². The van der Waals surface area contributed by atoms with Crippen LogP contribution in [-0.2, 0) is 24.0 Å². The lowest BCUT2D eigenvalue weighted by Gasteiger charge is -2.51. The molecule has 4 unspecified atom stereocenters. The number of thioether (sulfide) groups is 2. The zero-order valence-electron chi connectivity index (χ0n) is 25.7. The predicted octanol–water partition coefficient (Wildman–Crippen LogP) is 8.85. The van der Waals surface area contributed by atoms with Crippen LogP contribution in [0.5, 0.6) is 5.75 Å². The molecule has 0 spiro atoms. The molecule has 4 nitrogen and oxygen atoms in total. The summed E-state index contributed by atoms with van der Waals surface area (Å²) >= 11 is 4.26. The zero-order valence-corrected chi connectivity index (χ0v) is 27.3. The number of nitrogens with zero attached hydrogens (tertiary/aromatic N) is 2. The van der Waals surface area contributed by atoms with Gasteiger partial charge in [0.1, 0.15) is 16.9 Å². The Hall–Kier alpha value is -2.54. The summed E-state index contributed by atoms with van der Waals surface area (Å²) in [6, 6.07) is 14.2. The molecule has 0 bridgehead atoms. The Morgan fingerprint density at radius 1 is 0.795 bits per heavy atom. The van der Waals surface area contributed by atoms with Crippen LogP contribution in [0.3, 0.4) is 0 Å². The van der Waals surface area contributed by atoms with Gasteiger partial charge in [-0.25, -0.2) is 4.90 Å². The molecule has 0 radical (unpaired) electrons. The first-order chi connectivity index (χ1) is 21.6. The number of hydrogen-bond donors (Lipinski definition) is 0. The van der Waals surface area contributed by atoms with Gasteiger partial charge in [0.25, 0.3) is 0 Å². The largest absolute Gasteiger partial charge is 0.468 e. The maximum atomic E-state index is 7.48. The van der Waals surface area contributed by atoms with Gasteiger partial charge in [-0.2, -0.15) is 0 Å². The molecular formula is C38H40N2O2S2. The van der Waals surface area contributed by atoms with E-state index in [1.54, 1.807) is 5.57 Å². The van der Waals surface area contributed by atoms with E-state index < -0.39 is 0 Å². The average Bonchev–Trinajstić information content (AvgIpc) is 3.62. The summed E-state index contributed by atoms with van der Waals surface area (Å²) in [7, 11) is 0. The molecule has 4 aliphatic carbocycles. The van der Waals surface area contributed by atoms with E-state index >= 15 is 0 Å². The molecule has 1 saturated heterocycles. The van der Waals surface area contributed by atoms with Crippen LogP contribution in [0.4, 0.5) is 0 Å². The van der Waals surface area contributed by atoms with E-state index in [9.17, 15) is 0 Å². The van der Waals surface area contributed by atoms with Gasteiger partial charge in [0, 0.05) is 32.9 Å². The summed E-state index contributed by atoms with van der Waals surface area (Å²) in [5, 5.41) is 1.07. The molecule has 6 heteroatoms. The highest BCUT2D eigenvalue weighted by atomic mass is 32.2. The number of ether oxygens (including phenoxy) is 2. The van der Waals surface area contributed by atoms with Crippen molar-refractivity contribution >= 4 is 29.3 Å². The number of hydrogen-bond acceptors (Lipinski definition) is 6. The molecule has 10 rings (SSSR count). The van der Waals surface area contributed by atoms with Crippen molar-refractivity contribution in [2.75, 3.05) is 0 Å². The maximum absolute atomic E-state index is 7.48.